The Balaban J connectivity index is 3.09. The van der Waals surface area contributed by atoms with E-state index in [-0.39, 0.29) is 18.2 Å². The van der Waals surface area contributed by atoms with E-state index in [9.17, 15) is 9.59 Å². The molecule has 0 aliphatic rings. The van der Waals surface area contributed by atoms with Crippen molar-refractivity contribution >= 4 is 11.2 Å². The predicted octanol–water partition coefficient (Wildman–Crippen LogP) is -1.03. The van der Waals surface area contributed by atoms with Crippen LogP contribution in [0.15, 0.2) is 15.9 Å². The highest BCUT2D eigenvalue weighted by Crippen LogP contribution is 2.01. The van der Waals surface area contributed by atoms with Crippen LogP contribution in [0.4, 0.5) is 0 Å². The van der Waals surface area contributed by atoms with Crippen molar-refractivity contribution in [3.63, 3.8) is 0 Å². The molecule has 0 aliphatic heterocycles. The van der Waals surface area contributed by atoms with Crippen LogP contribution in [0.5, 0.6) is 0 Å². The number of hydrogen-bond acceptors (Lipinski definition) is 3. The van der Waals surface area contributed by atoms with Crippen LogP contribution < -0.4 is 11.2 Å². The SMILES string of the molecule is [2H]Cn1c(=O)c2c(ncn2C)n(C[2H])c1=O. The van der Waals surface area contributed by atoms with Gasteiger partial charge in [-0.05, 0) is 0 Å². The summed E-state index contributed by atoms with van der Waals surface area (Å²) in [5, 5.41) is 0. The molecule has 14 heavy (non-hydrogen) atoms. The van der Waals surface area contributed by atoms with Crippen LogP contribution in [0.25, 0.3) is 11.2 Å². The van der Waals surface area contributed by atoms with E-state index in [1.54, 1.807) is 7.05 Å². The van der Waals surface area contributed by atoms with Gasteiger partial charge in [0.25, 0.3) is 5.56 Å². The Bertz CT molecular complexity index is 654. The van der Waals surface area contributed by atoms with E-state index in [2.05, 4.69) is 4.98 Å². The minimum Gasteiger partial charge on any atom is -0.328 e. The van der Waals surface area contributed by atoms with Gasteiger partial charge in [-0.2, -0.15) is 0 Å². The topological polar surface area (TPSA) is 61.8 Å². The van der Waals surface area contributed by atoms with E-state index in [1.165, 1.54) is 10.9 Å². The summed E-state index contributed by atoms with van der Waals surface area (Å²) in [7, 11) is 0.842. The van der Waals surface area contributed by atoms with E-state index in [0.29, 0.717) is 0 Å². The Morgan fingerprint density at radius 1 is 1.36 bits per heavy atom. The lowest BCUT2D eigenvalue weighted by Gasteiger charge is -2.02. The fraction of sp³-hybridized carbons (Fsp3) is 0.375. The first-order chi connectivity index (χ1) is 7.61. The second-order valence-electron chi connectivity index (χ2n) is 2.97. The summed E-state index contributed by atoms with van der Waals surface area (Å²) in [5.41, 5.74) is -0.780. The predicted molar refractivity (Wildman–Crippen MR) is 51.2 cm³/mol. The molecule has 0 aliphatic carbocycles. The quantitative estimate of drug-likeness (QED) is 0.541. The minimum absolute atomic E-state index is 0.192. The molecule has 74 valence electrons. The van der Waals surface area contributed by atoms with Gasteiger partial charge >= 0.3 is 5.69 Å². The summed E-state index contributed by atoms with van der Waals surface area (Å²) in [6.45, 7) is 0. The molecule has 2 aromatic rings. The summed E-state index contributed by atoms with van der Waals surface area (Å²) in [6, 6.07) is 0. The Morgan fingerprint density at radius 2 is 2.07 bits per heavy atom. The maximum absolute atomic E-state index is 11.8. The summed E-state index contributed by atoms with van der Waals surface area (Å²) in [4.78, 5) is 27.5. The Hall–Kier alpha value is -1.85. The molecule has 0 bridgehead atoms. The van der Waals surface area contributed by atoms with Crippen molar-refractivity contribution in [3.05, 3.63) is 27.2 Å². The minimum atomic E-state index is -0.666. The molecule has 2 aromatic heterocycles. The van der Waals surface area contributed by atoms with Gasteiger partial charge in [-0.15, -0.1) is 0 Å². The highest BCUT2D eigenvalue weighted by atomic mass is 16.2. The third kappa shape index (κ3) is 0.876. The first kappa shape index (κ1) is 6.58. The van der Waals surface area contributed by atoms with Crippen LogP contribution in [-0.2, 0) is 21.1 Å². The molecular weight excluding hydrogens is 184 g/mol. The molecule has 0 aromatic carbocycles. The zero-order chi connectivity index (χ0) is 11.9. The van der Waals surface area contributed by atoms with E-state index in [4.69, 9.17) is 2.74 Å². The van der Waals surface area contributed by atoms with Gasteiger partial charge in [0, 0.05) is 23.8 Å². The summed E-state index contributed by atoms with van der Waals surface area (Å²) < 4.78 is 17.7. The standard InChI is InChI=1S/C8H10N4O2/c1-10-4-9-6-5(10)7(13)12(3)8(14)11(6)2/h4H,1-3H3/i2D,3D. The molecule has 0 saturated heterocycles. The number of hydrogen-bond donors (Lipinski definition) is 0. The number of rotatable bonds is 0. The highest BCUT2D eigenvalue weighted by Gasteiger charge is 2.11. The average Bonchev–Trinajstić information content (AvgIpc) is 2.62. The van der Waals surface area contributed by atoms with Crippen LogP contribution in [-0.4, -0.2) is 18.7 Å². The van der Waals surface area contributed by atoms with Crippen molar-refractivity contribution in [2.75, 3.05) is 0 Å². The highest BCUT2D eigenvalue weighted by molar-refractivity contribution is 5.69. The first-order valence-corrected chi connectivity index (χ1v) is 3.85. The average molecular weight is 196 g/mol. The van der Waals surface area contributed by atoms with Crippen molar-refractivity contribution < 1.29 is 2.74 Å². The second-order valence-corrected chi connectivity index (χ2v) is 2.97. The van der Waals surface area contributed by atoms with Gasteiger partial charge in [0.05, 0.1) is 6.33 Å². The zero-order valence-corrected chi connectivity index (χ0v) is 7.60. The van der Waals surface area contributed by atoms with Crippen LogP contribution in [0, 0.1) is 0 Å². The third-order valence-electron chi connectivity index (χ3n) is 2.08. The molecule has 0 saturated carbocycles. The van der Waals surface area contributed by atoms with E-state index < -0.39 is 18.3 Å². The monoisotopic (exact) mass is 196 g/mol. The summed E-state index contributed by atoms with van der Waals surface area (Å²) >= 11 is 0. The maximum Gasteiger partial charge on any atom is 0.332 e. The van der Waals surface area contributed by atoms with Gasteiger partial charge < -0.3 is 4.57 Å². The maximum atomic E-state index is 11.8. The molecule has 0 atom stereocenters. The van der Waals surface area contributed by atoms with Gasteiger partial charge in [0.1, 0.15) is 0 Å². The Morgan fingerprint density at radius 3 is 2.71 bits per heavy atom. The van der Waals surface area contributed by atoms with Crippen LogP contribution >= 0.6 is 0 Å². The molecule has 6 heteroatoms. The lowest BCUT2D eigenvalue weighted by atomic mass is 10.5. The molecule has 0 unspecified atom stereocenters. The molecule has 2 rings (SSSR count). The molecule has 6 nitrogen and oxygen atoms in total. The van der Waals surface area contributed by atoms with Gasteiger partial charge in [-0.1, -0.05) is 0 Å². The summed E-state index contributed by atoms with van der Waals surface area (Å²) in [5.74, 6) is 0. The smallest absolute Gasteiger partial charge is 0.328 e. The fourth-order valence-corrected chi connectivity index (χ4v) is 1.31. The molecule has 0 N–H and O–H groups in total. The fourth-order valence-electron chi connectivity index (χ4n) is 1.31. The van der Waals surface area contributed by atoms with Crippen molar-refractivity contribution in [3.8, 4) is 0 Å². The van der Waals surface area contributed by atoms with Crippen molar-refractivity contribution in [2.45, 2.75) is 0 Å². The van der Waals surface area contributed by atoms with E-state index in [0.717, 1.165) is 9.13 Å². The normalized spacial score (nSPS) is 12.9. The van der Waals surface area contributed by atoms with Crippen molar-refractivity contribution in [1.82, 2.24) is 18.7 Å². The lowest BCUT2D eigenvalue weighted by Crippen LogP contribution is -2.37. The van der Waals surface area contributed by atoms with Gasteiger partial charge in [0.15, 0.2) is 11.2 Å². The van der Waals surface area contributed by atoms with Gasteiger partial charge in [0.2, 0.25) is 0 Å². The lowest BCUT2D eigenvalue weighted by molar-refractivity contribution is 0.705. The number of imidazole rings is 1. The molecule has 0 amide bonds. The molecule has 0 spiro atoms. The van der Waals surface area contributed by atoms with Crippen LogP contribution in [0.3, 0.4) is 0 Å². The number of nitrogens with zero attached hydrogens (tertiary/aromatic N) is 4. The Kier molecular flexibility index (Phi) is 1.21. The van der Waals surface area contributed by atoms with Crippen molar-refractivity contribution in [1.29, 1.82) is 0 Å². The zero-order valence-electron chi connectivity index (χ0n) is 9.60. The largest absolute Gasteiger partial charge is 0.332 e. The Labute approximate surface area is 81.8 Å². The first-order valence-electron chi connectivity index (χ1n) is 5.26. The van der Waals surface area contributed by atoms with E-state index >= 15 is 0 Å². The van der Waals surface area contributed by atoms with Gasteiger partial charge in [-0.25, -0.2) is 9.78 Å². The van der Waals surface area contributed by atoms with Crippen LogP contribution in [0.1, 0.15) is 2.74 Å². The van der Waals surface area contributed by atoms with Crippen molar-refractivity contribution in [2.24, 2.45) is 21.1 Å². The molecule has 0 fully saturated rings. The van der Waals surface area contributed by atoms with Crippen LogP contribution in [0.2, 0.25) is 0 Å². The second kappa shape index (κ2) is 2.57. The molecular formula is C8H10N4O2. The van der Waals surface area contributed by atoms with E-state index in [1.807, 2.05) is 0 Å². The number of fused-ring (bicyclic) bond motifs is 1. The summed E-state index contributed by atoms with van der Waals surface area (Å²) in [6.07, 6.45) is 1.41. The third-order valence-corrected chi connectivity index (χ3v) is 2.08. The molecule has 2 heterocycles. The van der Waals surface area contributed by atoms with Gasteiger partial charge in [-0.3, -0.25) is 13.9 Å². The number of aromatic nitrogens is 4. The number of aryl methyl sites for hydroxylation is 2. The molecule has 0 radical (unpaired) electrons.